The van der Waals surface area contributed by atoms with Gasteiger partial charge in [0.1, 0.15) is 5.54 Å². The van der Waals surface area contributed by atoms with Gasteiger partial charge in [-0.3, -0.25) is 9.59 Å². The van der Waals surface area contributed by atoms with Crippen molar-refractivity contribution in [1.29, 1.82) is 5.26 Å². The van der Waals surface area contributed by atoms with Crippen molar-refractivity contribution in [2.24, 2.45) is 11.7 Å². The molecule has 4 N–H and O–H groups in total. The lowest BCUT2D eigenvalue weighted by molar-refractivity contribution is -0.121. The zero-order valence-electron chi connectivity index (χ0n) is 12.4. The lowest BCUT2D eigenvalue weighted by Gasteiger charge is -2.27. The van der Waals surface area contributed by atoms with Crippen molar-refractivity contribution < 1.29 is 9.59 Å². The summed E-state index contributed by atoms with van der Waals surface area (Å²) in [5, 5.41) is 14.7. The van der Waals surface area contributed by atoms with Crippen molar-refractivity contribution in [3.05, 3.63) is 29.8 Å². The second-order valence-corrected chi connectivity index (χ2v) is 5.28. The minimum absolute atomic E-state index is 0.0237. The highest BCUT2D eigenvalue weighted by molar-refractivity contribution is 5.99. The molecule has 0 unspecified atom stereocenters. The molecule has 0 saturated heterocycles. The number of nitrogens with one attached hydrogen (secondary N) is 2. The van der Waals surface area contributed by atoms with Crippen LogP contribution in [0.5, 0.6) is 0 Å². The van der Waals surface area contributed by atoms with E-state index in [-0.39, 0.29) is 18.4 Å². The fourth-order valence-electron chi connectivity index (χ4n) is 1.66. The molecule has 0 fully saturated rings. The smallest absolute Gasteiger partial charge is 0.250 e. The van der Waals surface area contributed by atoms with Gasteiger partial charge in [0, 0.05) is 5.69 Å². The average molecular weight is 288 g/mol. The highest BCUT2D eigenvalue weighted by Gasteiger charge is 2.29. The van der Waals surface area contributed by atoms with Crippen molar-refractivity contribution in [2.45, 2.75) is 26.3 Å². The molecule has 21 heavy (non-hydrogen) atoms. The van der Waals surface area contributed by atoms with E-state index >= 15 is 0 Å². The van der Waals surface area contributed by atoms with E-state index in [9.17, 15) is 9.59 Å². The predicted molar refractivity (Wildman–Crippen MR) is 80.4 cm³/mol. The fraction of sp³-hybridized carbons (Fsp3) is 0.400. The summed E-state index contributed by atoms with van der Waals surface area (Å²) in [4.78, 5) is 23.2. The first-order valence-electron chi connectivity index (χ1n) is 6.65. The van der Waals surface area contributed by atoms with Crippen LogP contribution in [0.25, 0.3) is 0 Å². The molecule has 6 heteroatoms. The van der Waals surface area contributed by atoms with Gasteiger partial charge in [-0.1, -0.05) is 26.0 Å². The molecular weight excluding hydrogens is 268 g/mol. The van der Waals surface area contributed by atoms with Crippen LogP contribution in [0.4, 0.5) is 5.69 Å². The van der Waals surface area contributed by atoms with Crippen LogP contribution in [0.1, 0.15) is 31.1 Å². The quantitative estimate of drug-likeness (QED) is 0.732. The normalized spacial score (nSPS) is 13.1. The van der Waals surface area contributed by atoms with Gasteiger partial charge < -0.3 is 16.4 Å². The van der Waals surface area contributed by atoms with Crippen LogP contribution < -0.4 is 16.4 Å². The van der Waals surface area contributed by atoms with Crippen molar-refractivity contribution in [2.75, 3.05) is 11.9 Å². The van der Waals surface area contributed by atoms with Crippen LogP contribution in [0.3, 0.4) is 0 Å². The van der Waals surface area contributed by atoms with Gasteiger partial charge in [-0.15, -0.1) is 0 Å². The zero-order valence-corrected chi connectivity index (χ0v) is 12.4. The molecule has 0 spiro atoms. The van der Waals surface area contributed by atoms with E-state index < -0.39 is 11.4 Å². The lowest BCUT2D eigenvalue weighted by Crippen LogP contribution is -2.50. The number of amides is 2. The van der Waals surface area contributed by atoms with E-state index in [4.69, 9.17) is 11.0 Å². The number of nitriles is 1. The van der Waals surface area contributed by atoms with Gasteiger partial charge in [-0.2, -0.15) is 5.26 Å². The van der Waals surface area contributed by atoms with E-state index in [1.165, 1.54) is 0 Å². The van der Waals surface area contributed by atoms with E-state index in [0.29, 0.717) is 11.3 Å². The molecule has 0 heterocycles. The maximum Gasteiger partial charge on any atom is 0.250 e. The highest BCUT2D eigenvalue weighted by Crippen LogP contribution is 2.16. The van der Waals surface area contributed by atoms with Crippen LogP contribution in [-0.4, -0.2) is 23.9 Å². The minimum atomic E-state index is -0.929. The molecule has 0 aliphatic heterocycles. The second-order valence-electron chi connectivity index (χ2n) is 5.28. The summed E-state index contributed by atoms with van der Waals surface area (Å²) in [5.41, 5.74) is 5.14. The standard InChI is InChI=1S/C15H20N4O2/c1-10(2)15(3,9-16)19-13(20)8-18-12-7-5-4-6-11(12)14(17)21/h4-7,10,18H,8H2,1-3H3,(H2,17,21)(H,19,20)/t15-/m1/s1. The first kappa shape index (κ1) is 16.5. The Kier molecular flexibility index (Phi) is 5.30. The molecule has 0 aromatic heterocycles. The number of nitrogens with two attached hydrogens (primary N) is 1. The molecule has 0 aliphatic rings. The molecule has 1 aromatic carbocycles. The maximum atomic E-state index is 11.9. The monoisotopic (exact) mass is 288 g/mol. The Hall–Kier alpha value is -2.55. The summed E-state index contributed by atoms with van der Waals surface area (Å²) < 4.78 is 0. The van der Waals surface area contributed by atoms with Crippen LogP contribution in [0.2, 0.25) is 0 Å². The molecule has 0 bridgehead atoms. The Balaban J connectivity index is 2.71. The molecular formula is C15H20N4O2. The number of hydrogen-bond acceptors (Lipinski definition) is 4. The number of primary amides is 1. The maximum absolute atomic E-state index is 11.9. The summed E-state index contributed by atoms with van der Waals surface area (Å²) in [7, 11) is 0. The number of hydrogen-bond donors (Lipinski definition) is 3. The van der Waals surface area contributed by atoms with Crippen molar-refractivity contribution in [1.82, 2.24) is 5.32 Å². The SMILES string of the molecule is CC(C)[C@@](C)(C#N)NC(=O)CNc1ccccc1C(N)=O. The first-order valence-corrected chi connectivity index (χ1v) is 6.65. The van der Waals surface area contributed by atoms with Gasteiger partial charge >= 0.3 is 0 Å². The molecule has 1 rings (SSSR count). The van der Waals surface area contributed by atoms with Gasteiger partial charge in [0.15, 0.2) is 0 Å². The topological polar surface area (TPSA) is 108 Å². The Morgan fingerprint density at radius 1 is 1.38 bits per heavy atom. The van der Waals surface area contributed by atoms with Crippen LogP contribution in [-0.2, 0) is 4.79 Å². The third-order valence-corrected chi connectivity index (χ3v) is 3.42. The Morgan fingerprint density at radius 3 is 2.52 bits per heavy atom. The van der Waals surface area contributed by atoms with E-state index in [2.05, 4.69) is 16.7 Å². The Labute approximate surface area is 124 Å². The molecule has 0 radical (unpaired) electrons. The van der Waals surface area contributed by atoms with Gasteiger partial charge in [0.05, 0.1) is 18.2 Å². The van der Waals surface area contributed by atoms with Crippen molar-refractivity contribution in [3.8, 4) is 6.07 Å². The number of benzene rings is 1. The fourth-order valence-corrected chi connectivity index (χ4v) is 1.66. The molecule has 1 atom stereocenters. The summed E-state index contributed by atoms with van der Waals surface area (Å²) in [6.07, 6.45) is 0. The molecule has 112 valence electrons. The first-order chi connectivity index (χ1) is 9.80. The predicted octanol–water partition coefficient (Wildman–Crippen LogP) is 1.25. The number of rotatable bonds is 6. The van der Waals surface area contributed by atoms with Crippen molar-refractivity contribution >= 4 is 17.5 Å². The van der Waals surface area contributed by atoms with E-state index in [1.807, 2.05) is 13.8 Å². The Bertz CT molecular complexity index is 577. The summed E-state index contributed by atoms with van der Waals surface area (Å²) in [5.74, 6) is -0.918. The Morgan fingerprint density at radius 2 is 2.00 bits per heavy atom. The zero-order chi connectivity index (χ0) is 16.0. The van der Waals surface area contributed by atoms with Gasteiger partial charge in [-0.25, -0.2) is 0 Å². The minimum Gasteiger partial charge on any atom is -0.376 e. The number of anilines is 1. The number of para-hydroxylation sites is 1. The number of carbonyl (C=O) groups is 2. The summed E-state index contributed by atoms with van der Waals surface area (Å²) >= 11 is 0. The highest BCUT2D eigenvalue weighted by atomic mass is 16.2. The van der Waals surface area contributed by atoms with Crippen LogP contribution in [0.15, 0.2) is 24.3 Å². The molecule has 6 nitrogen and oxygen atoms in total. The third-order valence-electron chi connectivity index (χ3n) is 3.42. The molecule has 0 aliphatic carbocycles. The van der Waals surface area contributed by atoms with E-state index in [1.54, 1.807) is 31.2 Å². The average Bonchev–Trinajstić information content (AvgIpc) is 2.44. The largest absolute Gasteiger partial charge is 0.376 e. The number of nitrogens with zero attached hydrogens (tertiary/aromatic N) is 1. The molecule has 1 aromatic rings. The van der Waals surface area contributed by atoms with Gasteiger partial charge in [0.2, 0.25) is 5.91 Å². The van der Waals surface area contributed by atoms with Crippen LogP contribution in [0, 0.1) is 17.2 Å². The lowest BCUT2D eigenvalue weighted by atomic mass is 9.90. The summed E-state index contributed by atoms with van der Waals surface area (Å²) in [6, 6.07) is 8.78. The molecule has 0 saturated carbocycles. The number of carbonyl (C=O) groups excluding carboxylic acids is 2. The van der Waals surface area contributed by atoms with Gasteiger partial charge in [0.25, 0.3) is 5.91 Å². The second kappa shape index (κ2) is 6.75. The van der Waals surface area contributed by atoms with Gasteiger partial charge in [-0.05, 0) is 25.0 Å². The van der Waals surface area contributed by atoms with Crippen molar-refractivity contribution in [3.63, 3.8) is 0 Å². The van der Waals surface area contributed by atoms with E-state index in [0.717, 1.165) is 0 Å². The molecule has 2 amide bonds. The van der Waals surface area contributed by atoms with Crippen LogP contribution >= 0.6 is 0 Å². The third kappa shape index (κ3) is 4.21. The summed E-state index contributed by atoms with van der Waals surface area (Å²) in [6.45, 7) is 5.35.